The number of alkyl halides is 1. The van der Waals surface area contributed by atoms with E-state index in [2.05, 4.69) is 20.7 Å². The molecule has 0 aliphatic rings. The molecule has 0 radical (unpaired) electrons. The third-order valence-electron chi connectivity index (χ3n) is 2.39. The Hall–Kier alpha value is -1.43. The Morgan fingerprint density at radius 1 is 1.59 bits per heavy atom. The van der Waals surface area contributed by atoms with Gasteiger partial charge in [-0.05, 0) is 24.5 Å². The Labute approximate surface area is 107 Å². The molecule has 17 heavy (non-hydrogen) atoms. The van der Waals surface area contributed by atoms with Gasteiger partial charge >= 0.3 is 5.97 Å². The Morgan fingerprint density at radius 3 is 2.71 bits per heavy atom. The standard InChI is InChI=1S/C11H12BrNO4/c1-7-5-9(13(15)16)4-3-8(7)6-10(12)11(14)17-2/h3-5,10H,6H2,1-2H3. The lowest BCUT2D eigenvalue weighted by Gasteiger charge is -2.09. The lowest BCUT2D eigenvalue weighted by molar-refractivity contribution is -0.384. The molecule has 0 aliphatic heterocycles. The van der Waals surface area contributed by atoms with Crippen molar-refractivity contribution < 1.29 is 14.5 Å². The van der Waals surface area contributed by atoms with Crippen LogP contribution in [0.1, 0.15) is 11.1 Å². The molecule has 0 saturated carbocycles. The van der Waals surface area contributed by atoms with E-state index in [9.17, 15) is 14.9 Å². The molecule has 0 saturated heterocycles. The second kappa shape index (κ2) is 5.77. The molecule has 1 atom stereocenters. The van der Waals surface area contributed by atoms with Gasteiger partial charge in [0.2, 0.25) is 0 Å². The predicted octanol–water partition coefficient (Wildman–Crippen LogP) is 2.38. The number of carbonyl (C=O) groups excluding carboxylic acids is 1. The molecule has 1 aromatic rings. The van der Waals surface area contributed by atoms with Crippen LogP contribution in [0.15, 0.2) is 18.2 Å². The molecular formula is C11H12BrNO4. The van der Waals surface area contributed by atoms with E-state index >= 15 is 0 Å². The van der Waals surface area contributed by atoms with Crippen molar-refractivity contribution in [3.63, 3.8) is 0 Å². The number of benzene rings is 1. The van der Waals surface area contributed by atoms with Crippen molar-refractivity contribution >= 4 is 27.6 Å². The van der Waals surface area contributed by atoms with Crippen molar-refractivity contribution in [1.82, 2.24) is 0 Å². The van der Waals surface area contributed by atoms with Crippen molar-refractivity contribution in [3.8, 4) is 0 Å². The SMILES string of the molecule is COC(=O)C(Br)Cc1ccc([N+](=O)[O-])cc1C. The molecule has 0 amide bonds. The average Bonchev–Trinajstić information content (AvgIpc) is 2.30. The highest BCUT2D eigenvalue weighted by Crippen LogP contribution is 2.20. The molecule has 1 aromatic carbocycles. The highest BCUT2D eigenvalue weighted by atomic mass is 79.9. The number of nitro groups is 1. The molecule has 0 bridgehead atoms. The number of halogens is 1. The zero-order chi connectivity index (χ0) is 13.0. The Balaban J connectivity index is 2.86. The van der Waals surface area contributed by atoms with Crippen molar-refractivity contribution in [2.75, 3.05) is 7.11 Å². The first kappa shape index (κ1) is 13.6. The van der Waals surface area contributed by atoms with Gasteiger partial charge < -0.3 is 4.74 Å². The van der Waals surface area contributed by atoms with Crippen LogP contribution in [0.4, 0.5) is 5.69 Å². The van der Waals surface area contributed by atoms with Gasteiger partial charge in [0, 0.05) is 12.1 Å². The van der Waals surface area contributed by atoms with Crippen molar-refractivity contribution in [2.45, 2.75) is 18.2 Å². The maximum Gasteiger partial charge on any atom is 0.319 e. The topological polar surface area (TPSA) is 69.4 Å². The Bertz CT molecular complexity index is 447. The largest absolute Gasteiger partial charge is 0.468 e. The van der Waals surface area contributed by atoms with Crippen LogP contribution in [0, 0.1) is 17.0 Å². The predicted molar refractivity (Wildman–Crippen MR) is 66.3 cm³/mol. The van der Waals surface area contributed by atoms with Crippen molar-refractivity contribution in [1.29, 1.82) is 0 Å². The van der Waals surface area contributed by atoms with Crippen LogP contribution >= 0.6 is 15.9 Å². The summed E-state index contributed by atoms with van der Waals surface area (Å²) in [5.74, 6) is -0.359. The van der Waals surface area contributed by atoms with Crippen LogP contribution in [0.3, 0.4) is 0 Å². The third-order valence-corrected chi connectivity index (χ3v) is 3.09. The summed E-state index contributed by atoms with van der Waals surface area (Å²) in [6, 6.07) is 4.58. The van der Waals surface area contributed by atoms with Gasteiger partial charge in [0.15, 0.2) is 0 Å². The molecule has 5 nitrogen and oxygen atoms in total. The highest BCUT2D eigenvalue weighted by molar-refractivity contribution is 9.10. The molecule has 0 heterocycles. The first-order valence-electron chi connectivity index (χ1n) is 4.91. The van der Waals surface area contributed by atoms with Gasteiger partial charge in [-0.25, -0.2) is 0 Å². The van der Waals surface area contributed by atoms with Crippen LogP contribution < -0.4 is 0 Å². The number of nitro benzene ring substituents is 1. The molecular weight excluding hydrogens is 290 g/mol. The summed E-state index contributed by atoms with van der Waals surface area (Å²) >= 11 is 3.21. The molecule has 0 spiro atoms. The number of aryl methyl sites for hydroxylation is 1. The van der Waals surface area contributed by atoms with Crippen molar-refractivity contribution in [3.05, 3.63) is 39.4 Å². The van der Waals surface area contributed by atoms with Gasteiger partial charge in [-0.2, -0.15) is 0 Å². The number of hydrogen-bond acceptors (Lipinski definition) is 4. The maximum absolute atomic E-state index is 11.2. The van der Waals surface area contributed by atoms with E-state index in [0.717, 1.165) is 11.1 Å². The average molecular weight is 302 g/mol. The lowest BCUT2D eigenvalue weighted by atomic mass is 10.0. The minimum Gasteiger partial charge on any atom is -0.468 e. The van der Waals surface area contributed by atoms with Gasteiger partial charge in [0.05, 0.1) is 12.0 Å². The molecule has 0 N–H and O–H groups in total. The van der Waals surface area contributed by atoms with E-state index in [-0.39, 0.29) is 11.7 Å². The first-order valence-corrected chi connectivity index (χ1v) is 5.83. The fraction of sp³-hybridized carbons (Fsp3) is 0.364. The van der Waals surface area contributed by atoms with Crippen LogP contribution in [-0.2, 0) is 16.0 Å². The van der Waals surface area contributed by atoms with Gasteiger partial charge in [0.25, 0.3) is 5.69 Å². The molecule has 92 valence electrons. The number of nitrogens with zero attached hydrogens (tertiary/aromatic N) is 1. The van der Waals surface area contributed by atoms with E-state index in [4.69, 9.17) is 0 Å². The smallest absolute Gasteiger partial charge is 0.319 e. The highest BCUT2D eigenvalue weighted by Gasteiger charge is 2.17. The van der Waals surface area contributed by atoms with Crippen molar-refractivity contribution in [2.24, 2.45) is 0 Å². The fourth-order valence-electron chi connectivity index (χ4n) is 1.43. The summed E-state index contributed by atoms with van der Waals surface area (Å²) in [5, 5.41) is 10.6. The van der Waals surface area contributed by atoms with E-state index in [0.29, 0.717) is 6.42 Å². The molecule has 0 fully saturated rings. The quantitative estimate of drug-likeness (QED) is 0.370. The number of hydrogen-bond donors (Lipinski definition) is 0. The van der Waals surface area contributed by atoms with E-state index in [1.807, 2.05) is 0 Å². The van der Waals surface area contributed by atoms with Crippen LogP contribution in [-0.4, -0.2) is 22.8 Å². The number of methoxy groups -OCH3 is 1. The number of non-ortho nitro benzene ring substituents is 1. The van der Waals surface area contributed by atoms with Crippen LogP contribution in [0.2, 0.25) is 0 Å². The number of esters is 1. The van der Waals surface area contributed by atoms with E-state index in [1.54, 1.807) is 13.0 Å². The summed E-state index contributed by atoms with van der Waals surface area (Å²) in [6.07, 6.45) is 0.441. The second-order valence-electron chi connectivity index (χ2n) is 3.56. The molecule has 6 heteroatoms. The zero-order valence-electron chi connectivity index (χ0n) is 9.47. The Kier molecular flexibility index (Phi) is 4.62. The third kappa shape index (κ3) is 3.52. The summed E-state index contributed by atoms with van der Waals surface area (Å²) in [4.78, 5) is 20.9. The maximum atomic E-state index is 11.2. The second-order valence-corrected chi connectivity index (χ2v) is 4.67. The Morgan fingerprint density at radius 2 is 2.24 bits per heavy atom. The monoisotopic (exact) mass is 301 g/mol. The molecule has 0 aromatic heterocycles. The molecule has 1 rings (SSSR count). The number of carbonyl (C=O) groups is 1. The zero-order valence-corrected chi connectivity index (χ0v) is 11.1. The number of ether oxygens (including phenoxy) is 1. The van der Waals surface area contributed by atoms with Gasteiger partial charge in [-0.15, -0.1) is 0 Å². The first-order chi connectivity index (χ1) is 7.95. The summed E-state index contributed by atoms with van der Waals surface area (Å²) in [6.45, 7) is 1.78. The van der Waals surface area contributed by atoms with Gasteiger partial charge in [-0.1, -0.05) is 22.0 Å². The van der Waals surface area contributed by atoms with E-state index < -0.39 is 9.75 Å². The van der Waals surface area contributed by atoms with Crippen LogP contribution in [0.25, 0.3) is 0 Å². The normalized spacial score (nSPS) is 11.9. The lowest BCUT2D eigenvalue weighted by Crippen LogP contribution is -2.18. The summed E-state index contributed by atoms with van der Waals surface area (Å²) in [5.41, 5.74) is 1.71. The summed E-state index contributed by atoms with van der Waals surface area (Å²) in [7, 11) is 1.32. The minimum atomic E-state index is -0.442. The van der Waals surface area contributed by atoms with Gasteiger partial charge in [-0.3, -0.25) is 14.9 Å². The molecule has 1 unspecified atom stereocenters. The summed E-state index contributed by atoms with van der Waals surface area (Å²) < 4.78 is 4.59. The van der Waals surface area contributed by atoms with E-state index in [1.165, 1.54) is 19.2 Å². The van der Waals surface area contributed by atoms with Gasteiger partial charge in [0.1, 0.15) is 4.83 Å². The minimum absolute atomic E-state index is 0.0513. The fourth-order valence-corrected chi connectivity index (χ4v) is 1.96. The number of rotatable bonds is 4. The van der Waals surface area contributed by atoms with Crippen LogP contribution in [0.5, 0.6) is 0 Å². The molecule has 0 aliphatic carbocycles.